The molecule has 0 aromatic rings. The highest BCUT2D eigenvalue weighted by molar-refractivity contribution is 5.54. The molecule has 34 valence electrons. The predicted molar refractivity (Wildman–Crippen MR) is 22.5 cm³/mol. The first-order valence-electron chi connectivity index (χ1n) is 1.67. The van der Waals surface area contributed by atoms with Gasteiger partial charge in [0.15, 0.2) is 0 Å². The zero-order chi connectivity index (χ0) is 4.41. The van der Waals surface area contributed by atoms with E-state index in [-0.39, 0.29) is 0 Å². The summed E-state index contributed by atoms with van der Waals surface area (Å²) in [6.45, 7) is 0.625. The molecule has 1 aliphatic rings. The van der Waals surface area contributed by atoms with Gasteiger partial charge in [0.2, 0.25) is 0 Å². The van der Waals surface area contributed by atoms with Gasteiger partial charge in [0.1, 0.15) is 13.0 Å². The van der Waals surface area contributed by atoms with Crippen LogP contribution in [0.3, 0.4) is 0 Å². The molecule has 0 aliphatic carbocycles. The second-order valence-corrected chi connectivity index (χ2v) is 1.05. The van der Waals surface area contributed by atoms with Crippen LogP contribution >= 0.6 is 0 Å². The molecule has 0 aromatic carbocycles. The van der Waals surface area contributed by atoms with Crippen LogP contribution in [-0.4, -0.2) is 18.1 Å². The van der Waals surface area contributed by atoms with Crippen LogP contribution in [0.5, 0.6) is 0 Å². The van der Waals surface area contributed by atoms with Crippen molar-refractivity contribution in [3.63, 3.8) is 0 Å². The molecule has 4 heteroatoms. The maximum absolute atomic E-state index is 5.11. The minimum absolute atomic E-state index is 0.625. The lowest BCUT2D eigenvalue weighted by Gasteiger charge is -1.99. The summed E-state index contributed by atoms with van der Waals surface area (Å²) in [5, 5.41) is 7.71. The molecule has 3 N–H and O–H groups in total. The van der Waals surface area contributed by atoms with Crippen molar-refractivity contribution in [2.75, 3.05) is 6.67 Å². The molecule has 0 saturated carbocycles. The van der Waals surface area contributed by atoms with E-state index in [1.54, 1.807) is 6.34 Å². The van der Waals surface area contributed by atoms with Crippen molar-refractivity contribution >= 4 is 6.34 Å². The molecular formula is C2H6N4. The van der Waals surface area contributed by atoms with Crippen LogP contribution in [0.1, 0.15) is 0 Å². The number of nitrogens with zero attached hydrogens (tertiary/aromatic N) is 2. The summed E-state index contributed by atoms with van der Waals surface area (Å²) in [7, 11) is 0. The molecule has 4 nitrogen and oxygen atoms in total. The average molecular weight is 86.1 g/mol. The zero-order valence-electron chi connectivity index (χ0n) is 3.26. The van der Waals surface area contributed by atoms with Crippen LogP contribution in [0.4, 0.5) is 0 Å². The Morgan fingerprint density at radius 2 is 2.83 bits per heavy atom. The number of hydrazone groups is 1. The van der Waals surface area contributed by atoms with Crippen molar-refractivity contribution in [2.45, 2.75) is 0 Å². The third kappa shape index (κ3) is 0.414. The number of hydrogen-bond donors (Lipinski definition) is 2. The average Bonchev–Trinajstić information content (AvgIpc) is 1.86. The minimum Gasteiger partial charge on any atom is -0.355 e. The van der Waals surface area contributed by atoms with Gasteiger partial charge in [-0.3, -0.25) is 0 Å². The van der Waals surface area contributed by atoms with Gasteiger partial charge in [0.05, 0.1) is 0 Å². The predicted octanol–water partition coefficient (Wildman–Crippen LogP) is -1.33. The van der Waals surface area contributed by atoms with Gasteiger partial charge < -0.3 is 5.32 Å². The van der Waals surface area contributed by atoms with Crippen molar-refractivity contribution in [3.8, 4) is 0 Å². The summed E-state index contributed by atoms with van der Waals surface area (Å²) < 4.78 is 0. The normalized spacial score (nSPS) is 18.5. The van der Waals surface area contributed by atoms with E-state index in [9.17, 15) is 0 Å². The number of rotatable bonds is 0. The Labute approximate surface area is 35.6 Å². The summed E-state index contributed by atoms with van der Waals surface area (Å²) in [5.74, 6) is 5.11. The van der Waals surface area contributed by atoms with E-state index in [0.29, 0.717) is 6.67 Å². The van der Waals surface area contributed by atoms with Crippen LogP contribution in [0.15, 0.2) is 5.10 Å². The third-order valence-corrected chi connectivity index (χ3v) is 0.551. The van der Waals surface area contributed by atoms with Crippen LogP contribution in [0, 0.1) is 0 Å². The van der Waals surface area contributed by atoms with Crippen molar-refractivity contribution in [1.82, 2.24) is 10.4 Å². The molecule has 0 fully saturated rings. The van der Waals surface area contributed by atoms with Gasteiger partial charge >= 0.3 is 0 Å². The molecule has 1 aliphatic heterocycles. The van der Waals surface area contributed by atoms with Crippen LogP contribution in [-0.2, 0) is 0 Å². The molecule has 6 heavy (non-hydrogen) atoms. The molecule has 0 spiro atoms. The van der Waals surface area contributed by atoms with E-state index in [1.165, 1.54) is 5.12 Å². The molecule has 0 bridgehead atoms. The molecule has 0 saturated heterocycles. The lowest BCUT2D eigenvalue weighted by Crippen LogP contribution is -2.26. The summed E-state index contributed by atoms with van der Waals surface area (Å²) in [4.78, 5) is 0. The first-order chi connectivity index (χ1) is 2.89. The van der Waals surface area contributed by atoms with E-state index >= 15 is 0 Å². The number of hydrogen-bond acceptors (Lipinski definition) is 4. The molecule has 1 rings (SSSR count). The SMILES string of the molecule is NN1CNC=N1. The zero-order valence-corrected chi connectivity index (χ0v) is 3.26. The van der Waals surface area contributed by atoms with E-state index in [2.05, 4.69) is 10.4 Å². The highest BCUT2D eigenvalue weighted by Gasteiger charge is 1.92. The lowest BCUT2D eigenvalue weighted by molar-refractivity contribution is 0.321. The molecular weight excluding hydrogens is 80.0 g/mol. The summed E-state index contributed by atoms with van der Waals surface area (Å²) in [6, 6.07) is 0. The molecule has 0 radical (unpaired) electrons. The van der Waals surface area contributed by atoms with E-state index in [1.807, 2.05) is 0 Å². The van der Waals surface area contributed by atoms with Gasteiger partial charge in [-0.1, -0.05) is 0 Å². The van der Waals surface area contributed by atoms with Crippen LogP contribution in [0.2, 0.25) is 0 Å². The fourth-order valence-electron chi connectivity index (χ4n) is 0.290. The van der Waals surface area contributed by atoms with Crippen molar-refractivity contribution in [3.05, 3.63) is 0 Å². The van der Waals surface area contributed by atoms with E-state index in [0.717, 1.165) is 0 Å². The van der Waals surface area contributed by atoms with Gasteiger partial charge in [0.25, 0.3) is 0 Å². The fraction of sp³-hybridized carbons (Fsp3) is 0.500. The Morgan fingerprint density at radius 1 is 2.00 bits per heavy atom. The summed E-state index contributed by atoms with van der Waals surface area (Å²) >= 11 is 0. The maximum Gasteiger partial charge on any atom is 0.122 e. The first kappa shape index (κ1) is 3.42. The molecule has 0 atom stereocenters. The Bertz CT molecular complexity index is 67.9. The third-order valence-electron chi connectivity index (χ3n) is 0.551. The summed E-state index contributed by atoms with van der Waals surface area (Å²) in [6.07, 6.45) is 1.56. The molecule has 0 unspecified atom stereocenters. The minimum atomic E-state index is 0.625. The Kier molecular flexibility index (Phi) is 0.648. The highest BCUT2D eigenvalue weighted by atomic mass is 15.7. The Balaban J connectivity index is 2.38. The topological polar surface area (TPSA) is 53.6 Å². The lowest BCUT2D eigenvalue weighted by atomic mass is 11.1. The number of hydrazine groups is 1. The fourth-order valence-corrected chi connectivity index (χ4v) is 0.290. The van der Waals surface area contributed by atoms with Gasteiger partial charge in [-0.15, -0.1) is 0 Å². The van der Waals surface area contributed by atoms with Gasteiger partial charge in [0, 0.05) is 0 Å². The van der Waals surface area contributed by atoms with Crippen LogP contribution in [0.25, 0.3) is 0 Å². The van der Waals surface area contributed by atoms with Gasteiger partial charge in [-0.25, -0.2) is 11.0 Å². The quantitative estimate of drug-likeness (QED) is 0.359. The molecule has 0 aromatic heterocycles. The van der Waals surface area contributed by atoms with Gasteiger partial charge in [-0.05, 0) is 0 Å². The monoisotopic (exact) mass is 86.1 g/mol. The second-order valence-electron chi connectivity index (χ2n) is 1.05. The van der Waals surface area contributed by atoms with E-state index in [4.69, 9.17) is 5.84 Å². The molecule has 1 heterocycles. The van der Waals surface area contributed by atoms with Crippen LogP contribution < -0.4 is 11.2 Å². The Morgan fingerprint density at radius 3 is 3.00 bits per heavy atom. The largest absolute Gasteiger partial charge is 0.355 e. The van der Waals surface area contributed by atoms with E-state index < -0.39 is 0 Å². The van der Waals surface area contributed by atoms with Crippen molar-refractivity contribution < 1.29 is 0 Å². The Hall–Kier alpha value is -0.770. The van der Waals surface area contributed by atoms with Gasteiger partial charge in [-0.2, -0.15) is 5.10 Å². The highest BCUT2D eigenvalue weighted by Crippen LogP contribution is 1.75. The first-order valence-corrected chi connectivity index (χ1v) is 1.67. The number of nitrogens with two attached hydrogens (primary N) is 1. The second kappa shape index (κ2) is 1.14. The molecule has 0 amide bonds. The van der Waals surface area contributed by atoms with Crippen molar-refractivity contribution in [2.24, 2.45) is 10.9 Å². The van der Waals surface area contributed by atoms with Crippen molar-refractivity contribution in [1.29, 1.82) is 0 Å². The standard InChI is InChI=1S/C2H6N4/c3-6-2-4-1-5-6/h1H,2-3H2,(H,4,5). The number of nitrogens with one attached hydrogen (secondary N) is 1. The maximum atomic E-state index is 5.11. The smallest absolute Gasteiger partial charge is 0.122 e. The summed E-state index contributed by atoms with van der Waals surface area (Å²) in [5.41, 5.74) is 0.